The summed E-state index contributed by atoms with van der Waals surface area (Å²) < 4.78 is 41.2. The molecule has 0 spiro atoms. The molecule has 9 heteroatoms. The van der Waals surface area contributed by atoms with Crippen LogP contribution in [0.2, 0.25) is 0 Å². The molecular formula is C14H18F3N3O3. The molecule has 2 rings (SSSR count). The highest BCUT2D eigenvalue weighted by molar-refractivity contribution is 5.84. The molecule has 0 aromatic carbocycles. The third-order valence-electron chi connectivity index (χ3n) is 3.95. The van der Waals surface area contributed by atoms with Crippen LogP contribution in [0.5, 0.6) is 0 Å². The van der Waals surface area contributed by atoms with Crippen molar-refractivity contribution >= 4 is 11.9 Å². The molecule has 23 heavy (non-hydrogen) atoms. The van der Waals surface area contributed by atoms with Crippen molar-refractivity contribution in [1.29, 1.82) is 0 Å². The molecule has 1 aromatic heterocycles. The highest BCUT2D eigenvalue weighted by atomic mass is 19.4. The minimum Gasteiger partial charge on any atom is -0.480 e. The van der Waals surface area contributed by atoms with Crippen molar-refractivity contribution < 1.29 is 27.9 Å². The summed E-state index contributed by atoms with van der Waals surface area (Å²) in [6.45, 7) is 1.31. The van der Waals surface area contributed by atoms with Crippen molar-refractivity contribution in [3.8, 4) is 0 Å². The Balaban J connectivity index is 2.23. The van der Waals surface area contributed by atoms with Gasteiger partial charge in [-0.2, -0.15) is 13.2 Å². The summed E-state index contributed by atoms with van der Waals surface area (Å²) in [5, 5.41) is 9.07. The first-order valence-corrected chi connectivity index (χ1v) is 7.20. The van der Waals surface area contributed by atoms with Crippen molar-refractivity contribution in [3.05, 3.63) is 18.2 Å². The second-order valence-electron chi connectivity index (χ2n) is 5.74. The van der Waals surface area contributed by atoms with Gasteiger partial charge >= 0.3 is 12.1 Å². The molecule has 1 aliphatic carbocycles. The fourth-order valence-corrected chi connectivity index (χ4v) is 2.55. The minimum atomic E-state index is -4.64. The Hall–Kier alpha value is -2.06. The Bertz CT molecular complexity index is 596. The zero-order valence-electron chi connectivity index (χ0n) is 12.7. The van der Waals surface area contributed by atoms with E-state index in [1.54, 1.807) is 0 Å². The van der Waals surface area contributed by atoms with E-state index < -0.39 is 36.4 Å². The highest BCUT2D eigenvalue weighted by Crippen LogP contribution is 2.38. The fraction of sp³-hybridized carbons (Fsp3) is 0.643. The Morgan fingerprint density at radius 2 is 2.09 bits per heavy atom. The molecule has 2 atom stereocenters. The number of carboxylic acid groups (broad SMARTS) is 1. The highest BCUT2D eigenvalue weighted by Gasteiger charge is 2.47. The zero-order valence-corrected chi connectivity index (χ0v) is 12.7. The zero-order chi connectivity index (χ0) is 17.4. The average Bonchev–Trinajstić information content (AvgIpc) is 3.17. The summed E-state index contributed by atoms with van der Waals surface area (Å²) in [4.78, 5) is 28.2. The van der Waals surface area contributed by atoms with Crippen molar-refractivity contribution in [2.75, 3.05) is 0 Å². The number of carbonyl (C=O) groups is 2. The number of rotatable bonds is 6. The number of alkyl halides is 3. The van der Waals surface area contributed by atoms with E-state index in [1.807, 2.05) is 0 Å². The number of imidazole rings is 1. The summed E-state index contributed by atoms with van der Waals surface area (Å²) in [6, 6.07) is -1.44. The van der Waals surface area contributed by atoms with E-state index in [-0.39, 0.29) is 11.9 Å². The first kappa shape index (κ1) is 17.3. The standard InChI is InChI=1S/C14H18F3N3O3/c1-8(13(22)23)20(9-3-4-9)11(21)7-10(14(15,16)17)12-18-5-6-19(12)2/h5-6,8-10H,3-4,7H2,1-2H3,(H,22,23)/t8-,10-/m1/s1. The lowest BCUT2D eigenvalue weighted by Gasteiger charge is -2.29. The van der Waals surface area contributed by atoms with Crippen LogP contribution in [-0.4, -0.2) is 49.7 Å². The van der Waals surface area contributed by atoms with Gasteiger partial charge < -0.3 is 14.6 Å². The van der Waals surface area contributed by atoms with Crippen LogP contribution in [0.25, 0.3) is 0 Å². The van der Waals surface area contributed by atoms with Gasteiger partial charge in [0.05, 0.1) is 0 Å². The van der Waals surface area contributed by atoms with Crippen LogP contribution in [0.4, 0.5) is 13.2 Å². The van der Waals surface area contributed by atoms with Gasteiger partial charge in [0.1, 0.15) is 17.8 Å². The van der Waals surface area contributed by atoms with E-state index >= 15 is 0 Å². The Morgan fingerprint density at radius 3 is 2.48 bits per heavy atom. The molecule has 1 saturated carbocycles. The van der Waals surface area contributed by atoms with E-state index in [2.05, 4.69) is 4.98 Å². The van der Waals surface area contributed by atoms with E-state index in [4.69, 9.17) is 5.11 Å². The lowest BCUT2D eigenvalue weighted by molar-refractivity contribution is -0.165. The van der Waals surface area contributed by atoms with Gasteiger partial charge in [-0.3, -0.25) is 4.79 Å². The molecule has 1 fully saturated rings. The maximum Gasteiger partial charge on any atom is 0.399 e. The SMILES string of the molecule is C[C@H](C(=O)O)N(C(=O)C[C@H](c1nccn1C)C(F)(F)F)C1CC1. The molecule has 6 nitrogen and oxygen atoms in total. The summed E-state index contributed by atoms with van der Waals surface area (Å²) in [7, 11) is 1.42. The molecule has 128 valence electrons. The third-order valence-corrected chi connectivity index (χ3v) is 3.95. The lowest BCUT2D eigenvalue weighted by Crippen LogP contribution is -2.46. The summed E-state index contributed by atoms with van der Waals surface area (Å²) in [6.07, 6.45) is -1.65. The second-order valence-corrected chi connectivity index (χ2v) is 5.74. The van der Waals surface area contributed by atoms with Gasteiger partial charge in [-0.15, -0.1) is 0 Å². The predicted molar refractivity (Wildman–Crippen MR) is 73.6 cm³/mol. The normalized spacial score (nSPS) is 17.6. The molecule has 0 bridgehead atoms. The van der Waals surface area contributed by atoms with Gasteiger partial charge in [0.15, 0.2) is 0 Å². The number of hydrogen-bond donors (Lipinski definition) is 1. The van der Waals surface area contributed by atoms with Crippen LogP contribution in [0.15, 0.2) is 12.4 Å². The quantitative estimate of drug-likeness (QED) is 0.863. The predicted octanol–water partition coefficient (Wildman–Crippen LogP) is 1.92. The molecule has 0 radical (unpaired) electrons. The monoisotopic (exact) mass is 333 g/mol. The maximum atomic E-state index is 13.3. The number of halogens is 3. The van der Waals surface area contributed by atoms with Crippen LogP contribution >= 0.6 is 0 Å². The molecular weight excluding hydrogens is 315 g/mol. The molecule has 0 aliphatic heterocycles. The van der Waals surface area contributed by atoms with Crippen LogP contribution in [0, 0.1) is 0 Å². The van der Waals surface area contributed by atoms with Crippen LogP contribution in [-0.2, 0) is 16.6 Å². The van der Waals surface area contributed by atoms with Crippen molar-refractivity contribution in [2.45, 2.75) is 50.4 Å². The lowest BCUT2D eigenvalue weighted by atomic mass is 10.0. The summed E-state index contributed by atoms with van der Waals surface area (Å²) in [5.74, 6) is -4.36. The number of hydrogen-bond acceptors (Lipinski definition) is 3. The number of nitrogens with zero attached hydrogens (tertiary/aromatic N) is 3. The van der Waals surface area contributed by atoms with Gasteiger partial charge in [0, 0.05) is 31.9 Å². The summed E-state index contributed by atoms with van der Waals surface area (Å²) in [5.41, 5.74) is 0. The molecule has 0 unspecified atom stereocenters. The van der Waals surface area contributed by atoms with Gasteiger partial charge in [0.25, 0.3) is 0 Å². The first-order valence-electron chi connectivity index (χ1n) is 7.20. The largest absolute Gasteiger partial charge is 0.480 e. The van der Waals surface area contributed by atoms with Crippen molar-refractivity contribution in [1.82, 2.24) is 14.5 Å². The number of aliphatic carboxylic acids is 1. The van der Waals surface area contributed by atoms with Crippen molar-refractivity contribution in [2.24, 2.45) is 7.05 Å². The number of amides is 1. The Kier molecular flexibility index (Phi) is 4.67. The first-order chi connectivity index (χ1) is 10.6. The van der Waals surface area contributed by atoms with Gasteiger partial charge in [-0.1, -0.05) is 0 Å². The number of carbonyl (C=O) groups excluding carboxylic acids is 1. The topological polar surface area (TPSA) is 75.4 Å². The molecule has 1 heterocycles. The van der Waals surface area contributed by atoms with Gasteiger partial charge in [-0.25, -0.2) is 9.78 Å². The fourth-order valence-electron chi connectivity index (χ4n) is 2.55. The van der Waals surface area contributed by atoms with Gasteiger partial charge in [-0.05, 0) is 19.8 Å². The van der Waals surface area contributed by atoms with E-state index in [1.165, 1.54) is 30.9 Å². The molecule has 1 amide bonds. The third kappa shape index (κ3) is 3.83. The molecule has 1 aromatic rings. The second kappa shape index (κ2) is 6.21. The maximum absolute atomic E-state index is 13.3. The smallest absolute Gasteiger partial charge is 0.399 e. The van der Waals surface area contributed by atoms with E-state index in [0.717, 1.165) is 4.90 Å². The number of carboxylic acids is 1. The molecule has 1 N–H and O–H groups in total. The van der Waals surface area contributed by atoms with E-state index in [9.17, 15) is 22.8 Å². The average molecular weight is 333 g/mol. The Morgan fingerprint density at radius 1 is 1.48 bits per heavy atom. The van der Waals surface area contributed by atoms with Crippen LogP contribution in [0.3, 0.4) is 0 Å². The van der Waals surface area contributed by atoms with E-state index in [0.29, 0.717) is 12.8 Å². The molecule has 0 saturated heterocycles. The number of aryl methyl sites for hydroxylation is 1. The minimum absolute atomic E-state index is 0.260. The van der Waals surface area contributed by atoms with Crippen LogP contribution in [0.1, 0.15) is 37.9 Å². The van der Waals surface area contributed by atoms with Gasteiger partial charge in [0.2, 0.25) is 5.91 Å². The van der Waals surface area contributed by atoms with Crippen molar-refractivity contribution in [3.63, 3.8) is 0 Å². The Labute approximate surface area is 130 Å². The number of aromatic nitrogens is 2. The molecule has 1 aliphatic rings. The summed E-state index contributed by atoms with van der Waals surface area (Å²) >= 11 is 0. The van der Waals surface area contributed by atoms with Crippen LogP contribution < -0.4 is 0 Å².